The van der Waals surface area contributed by atoms with E-state index in [4.69, 9.17) is 5.73 Å². The molecular weight excluding hydrogens is 186 g/mol. The molecule has 70 valence electrons. The summed E-state index contributed by atoms with van der Waals surface area (Å²) in [4.78, 5) is 0. The zero-order valence-electron chi connectivity index (χ0n) is 7.29. The summed E-state index contributed by atoms with van der Waals surface area (Å²) in [7, 11) is -2.99. The fourth-order valence-electron chi connectivity index (χ4n) is 0.552. The molecule has 2 N–H and O–H groups in total. The quantitative estimate of drug-likeness (QED) is 0.711. The number of hydrogen-bond acceptors (Lipinski definition) is 3. The Balaban J connectivity index is 0. The molecule has 0 heterocycles. The maximum absolute atomic E-state index is 10.9. The number of halogens is 1. The molecule has 0 amide bonds. The van der Waals surface area contributed by atoms with Gasteiger partial charge >= 0.3 is 0 Å². The first-order valence-electron chi connectivity index (χ1n) is 3.13. The second kappa shape index (κ2) is 3.74. The van der Waals surface area contributed by atoms with Gasteiger partial charge in [0.25, 0.3) is 0 Å². The fourth-order valence-corrected chi connectivity index (χ4v) is 1.66. The minimum atomic E-state index is -2.99. The SMILES string of the molecule is CC(C(C)(C)N)S(C)(=O)=O.Cl. The second-order valence-corrected chi connectivity index (χ2v) is 5.66. The molecule has 0 aromatic rings. The van der Waals surface area contributed by atoms with Gasteiger partial charge in [0.05, 0.1) is 5.25 Å². The molecule has 0 aromatic heterocycles. The normalized spacial score (nSPS) is 15.4. The van der Waals surface area contributed by atoms with Crippen LogP contribution in [0.25, 0.3) is 0 Å². The van der Waals surface area contributed by atoms with E-state index in [-0.39, 0.29) is 12.4 Å². The van der Waals surface area contributed by atoms with E-state index in [1.165, 1.54) is 6.26 Å². The summed E-state index contributed by atoms with van der Waals surface area (Å²) in [6.45, 7) is 5.03. The standard InChI is InChI=1S/C6H15NO2S.ClH/c1-5(6(2,3)7)10(4,8)9;/h5H,7H2,1-4H3;1H. The molecule has 0 aliphatic heterocycles. The van der Waals surface area contributed by atoms with E-state index in [1.54, 1.807) is 20.8 Å². The van der Waals surface area contributed by atoms with Gasteiger partial charge < -0.3 is 5.73 Å². The van der Waals surface area contributed by atoms with Gasteiger partial charge in [-0.15, -0.1) is 12.4 Å². The molecule has 1 atom stereocenters. The van der Waals surface area contributed by atoms with Crippen LogP contribution < -0.4 is 5.73 Å². The van der Waals surface area contributed by atoms with Crippen LogP contribution in [-0.4, -0.2) is 25.5 Å². The molecule has 11 heavy (non-hydrogen) atoms. The number of sulfone groups is 1. The maximum Gasteiger partial charge on any atom is 0.151 e. The molecule has 0 spiro atoms. The molecule has 0 aliphatic carbocycles. The van der Waals surface area contributed by atoms with Crippen molar-refractivity contribution in [3.63, 3.8) is 0 Å². The van der Waals surface area contributed by atoms with E-state index in [0.29, 0.717) is 0 Å². The van der Waals surface area contributed by atoms with Crippen LogP contribution in [0.3, 0.4) is 0 Å². The van der Waals surface area contributed by atoms with Gasteiger partial charge in [-0.2, -0.15) is 0 Å². The van der Waals surface area contributed by atoms with Crippen molar-refractivity contribution < 1.29 is 8.42 Å². The van der Waals surface area contributed by atoms with Crippen LogP contribution in [-0.2, 0) is 9.84 Å². The van der Waals surface area contributed by atoms with Gasteiger partial charge in [-0.05, 0) is 20.8 Å². The van der Waals surface area contributed by atoms with Crippen molar-refractivity contribution in [1.29, 1.82) is 0 Å². The average molecular weight is 202 g/mol. The maximum atomic E-state index is 10.9. The summed E-state index contributed by atoms with van der Waals surface area (Å²) >= 11 is 0. The van der Waals surface area contributed by atoms with Gasteiger partial charge in [0.2, 0.25) is 0 Å². The lowest BCUT2D eigenvalue weighted by molar-refractivity contribution is 0.483. The van der Waals surface area contributed by atoms with Crippen molar-refractivity contribution in [2.24, 2.45) is 5.73 Å². The summed E-state index contributed by atoms with van der Waals surface area (Å²) in [5.41, 5.74) is 4.94. The van der Waals surface area contributed by atoms with Gasteiger partial charge in [-0.3, -0.25) is 0 Å². The van der Waals surface area contributed by atoms with Crippen LogP contribution in [0.1, 0.15) is 20.8 Å². The first kappa shape index (κ1) is 13.8. The lowest BCUT2D eigenvalue weighted by Crippen LogP contribution is -2.47. The van der Waals surface area contributed by atoms with Crippen molar-refractivity contribution in [2.45, 2.75) is 31.6 Å². The third-order valence-electron chi connectivity index (χ3n) is 1.69. The van der Waals surface area contributed by atoms with Crippen molar-refractivity contribution in [3.8, 4) is 0 Å². The highest BCUT2D eigenvalue weighted by Gasteiger charge is 2.28. The highest BCUT2D eigenvalue weighted by atomic mass is 35.5. The van der Waals surface area contributed by atoms with Gasteiger partial charge in [0, 0.05) is 11.8 Å². The number of hydrogen-bond donors (Lipinski definition) is 1. The molecule has 0 saturated carbocycles. The lowest BCUT2D eigenvalue weighted by atomic mass is 10.0. The van der Waals surface area contributed by atoms with E-state index in [0.717, 1.165) is 0 Å². The average Bonchev–Trinajstić information content (AvgIpc) is 1.59. The molecule has 5 heteroatoms. The Morgan fingerprint density at radius 3 is 1.64 bits per heavy atom. The van der Waals surface area contributed by atoms with Gasteiger partial charge in [-0.25, -0.2) is 8.42 Å². The molecule has 0 aromatic carbocycles. The van der Waals surface area contributed by atoms with Crippen molar-refractivity contribution in [3.05, 3.63) is 0 Å². The summed E-state index contributed by atoms with van der Waals surface area (Å²) in [6, 6.07) is 0. The van der Waals surface area contributed by atoms with Crippen LogP contribution in [0.2, 0.25) is 0 Å². The summed E-state index contributed by atoms with van der Waals surface area (Å²) in [5.74, 6) is 0. The highest BCUT2D eigenvalue weighted by Crippen LogP contribution is 2.12. The predicted molar refractivity (Wildman–Crippen MR) is 49.8 cm³/mol. The largest absolute Gasteiger partial charge is 0.324 e. The number of rotatable bonds is 2. The van der Waals surface area contributed by atoms with E-state index >= 15 is 0 Å². The predicted octanol–water partition coefficient (Wildman–Crippen LogP) is 0.579. The lowest BCUT2D eigenvalue weighted by Gasteiger charge is -2.25. The Kier molecular flexibility index (Phi) is 4.68. The smallest absolute Gasteiger partial charge is 0.151 e. The Labute approximate surface area is 74.7 Å². The minimum Gasteiger partial charge on any atom is -0.324 e. The summed E-state index contributed by atoms with van der Waals surface area (Å²) in [6.07, 6.45) is 1.20. The molecule has 0 bridgehead atoms. The van der Waals surface area contributed by atoms with Crippen LogP contribution >= 0.6 is 12.4 Å². The Bertz CT molecular complexity index is 205. The van der Waals surface area contributed by atoms with Crippen LogP contribution in [0.4, 0.5) is 0 Å². The second-order valence-electron chi connectivity index (χ2n) is 3.29. The van der Waals surface area contributed by atoms with E-state index in [9.17, 15) is 8.42 Å². The first-order chi connectivity index (χ1) is 4.15. The van der Waals surface area contributed by atoms with Gasteiger partial charge in [0.15, 0.2) is 9.84 Å². The van der Waals surface area contributed by atoms with Gasteiger partial charge in [0.1, 0.15) is 0 Å². The monoisotopic (exact) mass is 201 g/mol. The van der Waals surface area contributed by atoms with Crippen LogP contribution in [0.15, 0.2) is 0 Å². The highest BCUT2D eigenvalue weighted by molar-refractivity contribution is 7.91. The Hall–Kier alpha value is 0.200. The van der Waals surface area contributed by atoms with Crippen LogP contribution in [0.5, 0.6) is 0 Å². The summed E-state index contributed by atoms with van der Waals surface area (Å²) < 4.78 is 21.8. The molecule has 3 nitrogen and oxygen atoms in total. The van der Waals surface area contributed by atoms with E-state index in [2.05, 4.69) is 0 Å². The van der Waals surface area contributed by atoms with Crippen LogP contribution in [0, 0.1) is 0 Å². The molecule has 0 aliphatic rings. The van der Waals surface area contributed by atoms with E-state index < -0.39 is 20.6 Å². The molecule has 0 radical (unpaired) electrons. The first-order valence-corrected chi connectivity index (χ1v) is 5.09. The molecule has 0 fully saturated rings. The minimum absolute atomic E-state index is 0. The van der Waals surface area contributed by atoms with Crippen molar-refractivity contribution >= 4 is 22.2 Å². The topological polar surface area (TPSA) is 60.2 Å². The zero-order chi connectivity index (χ0) is 8.58. The van der Waals surface area contributed by atoms with Gasteiger partial charge in [-0.1, -0.05) is 0 Å². The Morgan fingerprint density at radius 1 is 1.36 bits per heavy atom. The fraction of sp³-hybridized carbons (Fsp3) is 1.00. The number of nitrogens with two attached hydrogens (primary N) is 1. The van der Waals surface area contributed by atoms with Crippen molar-refractivity contribution in [2.75, 3.05) is 6.26 Å². The van der Waals surface area contributed by atoms with Crippen molar-refractivity contribution in [1.82, 2.24) is 0 Å². The molecular formula is C6H16ClNO2S. The third-order valence-corrected chi connectivity index (χ3v) is 3.58. The molecule has 1 unspecified atom stereocenters. The zero-order valence-corrected chi connectivity index (χ0v) is 8.92. The van der Waals surface area contributed by atoms with E-state index in [1.807, 2.05) is 0 Å². The summed E-state index contributed by atoms with van der Waals surface area (Å²) in [5, 5.41) is -0.486. The third kappa shape index (κ3) is 4.61. The molecule has 0 saturated heterocycles. The molecule has 0 rings (SSSR count). The Morgan fingerprint density at radius 2 is 1.64 bits per heavy atom.